The number of benzene rings is 1. The minimum Gasteiger partial charge on any atom is -0.345 e. The molecule has 114 valence electrons. The number of rotatable bonds is 4. The fraction of sp³-hybridized carbons (Fsp3) is 0.611. The van der Waals surface area contributed by atoms with Gasteiger partial charge >= 0.3 is 0 Å². The van der Waals surface area contributed by atoms with Crippen molar-refractivity contribution in [2.45, 2.75) is 39.3 Å². The van der Waals surface area contributed by atoms with Gasteiger partial charge in [0.15, 0.2) is 0 Å². The number of carbonyl (C=O) groups is 1. The van der Waals surface area contributed by atoms with Crippen LogP contribution in [0.2, 0.25) is 0 Å². The quantitative estimate of drug-likeness (QED) is 0.849. The predicted octanol–water partition coefficient (Wildman–Crippen LogP) is 3.01. The van der Waals surface area contributed by atoms with Gasteiger partial charge in [-0.05, 0) is 35.8 Å². The van der Waals surface area contributed by atoms with Crippen molar-refractivity contribution in [1.82, 2.24) is 9.80 Å². The molecule has 0 N–H and O–H groups in total. The molecular weight excluding hydrogens is 260 g/mol. The largest absolute Gasteiger partial charge is 0.345 e. The maximum absolute atomic E-state index is 12.3. The number of amides is 1. The molecule has 1 saturated heterocycles. The topological polar surface area (TPSA) is 23.6 Å². The lowest BCUT2D eigenvalue weighted by Gasteiger charge is -2.55. The van der Waals surface area contributed by atoms with E-state index in [0.717, 1.165) is 30.1 Å². The van der Waals surface area contributed by atoms with Gasteiger partial charge in [-0.15, -0.1) is 0 Å². The average molecular weight is 286 g/mol. The summed E-state index contributed by atoms with van der Waals surface area (Å²) >= 11 is 0. The Kier molecular flexibility index (Phi) is 3.56. The van der Waals surface area contributed by atoms with Crippen LogP contribution >= 0.6 is 0 Å². The number of hydrogen-bond acceptors (Lipinski definition) is 2. The van der Waals surface area contributed by atoms with Gasteiger partial charge in [0, 0.05) is 38.8 Å². The Bertz CT molecular complexity index is 546. The Balaban J connectivity index is 1.78. The molecule has 1 amide bonds. The molecule has 3 rings (SSSR count). The van der Waals surface area contributed by atoms with Crippen molar-refractivity contribution in [2.24, 2.45) is 11.3 Å². The molecule has 0 spiro atoms. The number of carbonyl (C=O) groups excluding carboxylic acids is 1. The second-order valence-electron chi connectivity index (χ2n) is 7.53. The van der Waals surface area contributed by atoms with Crippen molar-refractivity contribution in [3.05, 3.63) is 35.4 Å². The van der Waals surface area contributed by atoms with E-state index in [1.165, 1.54) is 12.8 Å². The van der Waals surface area contributed by atoms with E-state index in [-0.39, 0.29) is 5.91 Å². The van der Waals surface area contributed by atoms with Crippen molar-refractivity contribution in [3.63, 3.8) is 0 Å². The van der Waals surface area contributed by atoms with Crippen LogP contribution in [0.15, 0.2) is 24.3 Å². The second kappa shape index (κ2) is 5.13. The Morgan fingerprint density at radius 1 is 1.29 bits per heavy atom. The summed E-state index contributed by atoms with van der Waals surface area (Å²) in [6.45, 7) is 6.80. The molecule has 3 nitrogen and oxygen atoms in total. The van der Waals surface area contributed by atoms with Crippen LogP contribution in [-0.2, 0) is 6.54 Å². The zero-order valence-corrected chi connectivity index (χ0v) is 13.6. The molecule has 1 aromatic rings. The molecule has 1 saturated carbocycles. The van der Waals surface area contributed by atoms with Crippen LogP contribution in [0.1, 0.15) is 42.6 Å². The molecule has 0 aromatic heterocycles. The summed E-state index contributed by atoms with van der Waals surface area (Å²) in [5.74, 6) is 0.985. The molecule has 2 fully saturated rings. The zero-order chi connectivity index (χ0) is 15.2. The van der Waals surface area contributed by atoms with Gasteiger partial charge in [0.1, 0.15) is 0 Å². The Morgan fingerprint density at radius 3 is 2.52 bits per heavy atom. The van der Waals surface area contributed by atoms with Crippen LogP contribution in [0, 0.1) is 11.3 Å². The van der Waals surface area contributed by atoms with Crippen LogP contribution in [-0.4, -0.2) is 42.4 Å². The van der Waals surface area contributed by atoms with Crippen molar-refractivity contribution in [2.75, 3.05) is 20.6 Å². The first-order chi connectivity index (χ1) is 9.90. The number of hydrogen-bond donors (Lipinski definition) is 0. The third-order valence-corrected chi connectivity index (χ3v) is 4.90. The van der Waals surface area contributed by atoms with Gasteiger partial charge in [0.2, 0.25) is 0 Å². The maximum Gasteiger partial charge on any atom is 0.253 e. The third kappa shape index (κ3) is 2.71. The van der Waals surface area contributed by atoms with Crippen LogP contribution < -0.4 is 0 Å². The zero-order valence-electron chi connectivity index (χ0n) is 13.6. The van der Waals surface area contributed by atoms with E-state index in [0.29, 0.717) is 11.5 Å². The van der Waals surface area contributed by atoms with Crippen LogP contribution in [0.25, 0.3) is 0 Å². The van der Waals surface area contributed by atoms with E-state index < -0.39 is 0 Å². The summed E-state index contributed by atoms with van der Waals surface area (Å²) < 4.78 is 0. The Hall–Kier alpha value is -1.35. The van der Waals surface area contributed by atoms with E-state index in [1.807, 2.05) is 32.3 Å². The minimum atomic E-state index is 0.105. The summed E-state index contributed by atoms with van der Waals surface area (Å²) in [5, 5.41) is 0. The fourth-order valence-electron chi connectivity index (χ4n) is 3.93. The summed E-state index contributed by atoms with van der Waals surface area (Å²) in [7, 11) is 3.64. The molecule has 3 heteroatoms. The monoisotopic (exact) mass is 286 g/mol. The highest BCUT2D eigenvalue weighted by molar-refractivity contribution is 5.95. The molecule has 1 heterocycles. The fourth-order valence-corrected chi connectivity index (χ4v) is 3.93. The number of likely N-dealkylation sites (tertiary alicyclic amines) is 1. The Morgan fingerprint density at radius 2 is 1.95 bits per heavy atom. The van der Waals surface area contributed by atoms with Gasteiger partial charge < -0.3 is 4.90 Å². The van der Waals surface area contributed by atoms with Crippen LogP contribution in [0.4, 0.5) is 0 Å². The highest BCUT2D eigenvalue weighted by Gasteiger charge is 2.52. The molecule has 1 aromatic carbocycles. The molecule has 2 aliphatic rings. The van der Waals surface area contributed by atoms with Crippen molar-refractivity contribution >= 4 is 5.91 Å². The maximum atomic E-state index is 12.3. The van der Waals surface area contributed by atoms with E-state index in [1.54, 1.807) is 4.90 Å². The van der Waals surface area contributed by atoms with E-state index in [9.17, 15) is 4.79 Å². The molecular formula is C18H26N2O. The van der Waals surface area contributed by atoms with Crippen LogP contribution in [0.5, 0.6) is 0 Å². The first kappa shape index (κ1) is 14.6. The van der Waals surface area contributed by atoms with Gasteiger partial charge in [-0.2, -0.15) is 0 Å². The van der Waals surface area contributed by atoms with E-state index >= 15 is 0 Å². The molecule has 0 bridgehead atoms. The molecule has 1 unspecified atom stereocenters. The van der Waals surface area contributed by atoms with Gasteiger partial charge in [-0.25, -0.2) is 0 Å². The lowest BCUT2D eigenvalue weighted by molar-refractivity contribution is -0.0684. The van der Waals surface area contributed by atoms with Gasteiger partial charge in [0.25, 0.3) is 5.91 Å². The third-order valence-electron chi connectivity index (χ3n) is 4.90. The van der Waals surface area contributed by atoms with E-state index in [4.69, 9.17) is 0 Å². The second-order valence-corrected chi connectivity index (χ2v) is 7.53. The predicted molar refractivity (Wildman–Crippen MR) is 85.2 cm³/mol. The SMILES string of the molecule is CN(C)C(=O)c1ccccc1CN1CC(C)(C)C1C1CC1. The van der Waals surface area contributed by atoms with E-state index in [2.05, 4.69) is 24.8 Å². The summed E-state index contributed by atoms with van der Waals surface area (Å²) in [4.78, 5) is 16.5. The highest BCUT2D eigenvalue weighted by Crippen LogP contribution is 2.50. The first-order valence-electron chi connectivity index (χ1n) is 7.94. The van der Waals surface area contributed by atoms with Gasteiger partial charge in [0.05, 0.1) is 0 Å². The Labute approximate surface area is 127 Å². The minimum absolute atomic E-state index is 0.105. The highest BCUT2D eigenvalue weighted by atomic mass is 16.2. The van der Waals surface area contributed by atoms with Crippen molar-refractivity contribution < 1.29 is 4.79 Å². The lowest BCUT2D eigenvalue weighted by Crippen LogP contribution is -2.62. The summed E-state index contributed by atoms with van der Waals surface area (Å²) in [6, 6.07) is 8.75. The molecule has 1 aliphatic carbocycles. The summed E-state index contributed by atoms with van der Waals surface area (Å²) in [5.41, 5.74) is 2.45. The molecule has 21 heavy (non-hydrogen) atoms. The number of nitrogens with zero attached hydrogens (tertiary/aromatic N) is 2. The summed E-state index contributed by atoms with van der Waals surface area (Å²) in [6.07, 6.45) is 2.76. The normalized spacial score (nSPS) is 24.5. The molecule has 1 aliphatic heterocycles. The van der Waals surface area contributed by atoms with Crippen molar-refractivity contribution in [1.29, 1.82) is 0 Å². The van der Waals surface area contributed by atoms with Crippen molar-refractivity contribution in [3.8, 4) is 0 Å². The molecule has 0 radical (unpaired) electrons. The van der Waals surface area contributed by atoms with Gasteiger partial charge in [-0.3, -0.25) is 9.69 Å². The van der Waals surface area contributed by atoms with Crippen LogP contribution in [0.3, 0.4) is 0 Å². The standard InChI is InChI=1S/C18H26N2O/c1-18(2)12-20(16(18)13-9-10-13)11-14-7-5-6-8-15(14)17(21)19(3)4/h5-8,13,16H,9-12H2,1-4H3. The molecule has 1 atom stereocenters. The smallest absolute Gasteiger partial charge is 0.253 e. The van der Waals surface area contributed by atoms with Gasteiger partial charge in [-0.1, -0.05) is 32.0 Å². The average Bonchev–Trinajstić information content (AvgIpc) is 3.21. The lowest BCUT2D eigenvalue weighted by atomic mass is 9.72. The first-order valence-corrected chi connectivity index (χ1v) is 7.94.